The van der Waals surface area contributed by atoms with E-state index in [0.717, 1.165) is 53.9 Å². The molecule has 0 unspecified atom stereocenters. The fraction of sp³-hybridized carbons (Fsp3) is 0.435. The molecule has 1 aliphatic heterocycles. The Kier molecular flexibility index (Phi) is 6.48. The van der Waals surface area contributed by atoms with Gasteiger partial charge in [0.15, 0.2) is 5.65 Å². The molecule has 1 aromatic carbocycles. The zero-order valence-corrected chi connectivity index (χ0v) is 21.5. The van der Waals surface area contributed by atoms with Crippen LogP contribution in [-0.4, -0.2) is 60.7 Å². The maximum absolute atomic E-state index is 13.7. The van der Waals surface area contributed by atoms with E-state index in [4.69, 9.17) is 21.7 Å². The molecule has 0 bridgehead atoms. The predicted octanol–water partition coefficient (Wildman–Crippen LogP) is 3.80. The summed E-state index contributed by atoms with van der Waals surface area (Å²) in [5.41, 5.74) is 3.87. The van der Waals surface area contributed by atoms with Gasteiger partial charge in [0, 0.05) is 43.0 Å². The van der Waals surface area contributed by atoms with Gasteiger partial charge in [-0.2, -0.15) is 9.61 Å². The zero-order valence-electron chi connectivity index (χ0n) is 20.0. The minimum absolute atomic E-state index is 0.207. The highest BCUT2D eigenvalue weighted by Crippen LogP contribution is 2.35. The number of nitrogens with one attached hydrogen (secondary N) is 1. The summed E-state index contributed by atoms with van der Waals surface area (Å²) in [6.07, 6.45) is 3.61. The monoisotopic (exact) mass is 504 g/mol. The Bertz CT molecular complexity index is 1370. The third-order valence-corrected chi connectivity index (χ3v) is 6.93. The van der Waals surface area contributed by atoms with Crippen molar-refractivity contribution in [3.05, 3.63) is 51.8 Å². The Morgan fingerprint density at radius 2 is 1.94 bits per heavy atom. The number of benzene rings is 1. The Morgan fingerprint density at radius 1 is 1.21 bits per heavy atom. The number of rotatable bonds is 5. The van der Waals surface area contributed by atoms with Crippen LogP contribution in [0, 0.1) is 13.8 Å². The quantitative estimate of drug-likeness (QED) is 0.567. The van der Waals surface area contributed by atoms with Gasteiger partial charge in [-0.15, -0.1) is 0 Å². The van der Waals surface area contributed by atoms with Crippen LogP contribution in [0.15, 0.2) is 24.3 Å². The van der Waals surface area contributed by atoms with Gasteiger partial charge >= 0.3 is 0 Å². The van der Waals surface area contributed by atoms with Crippen LogP contribution in [0.1, 0.15) is 52.6 Å². The number of halogens is 1. The number of aryl methyl sites for hydroxylation is 1. The molecule has 3 heterocycles. The third kappa shape index (κ3) is 4.69. The summed E-state index contributed by atoms with van der Waals surface area (Å²) >= 11 is 6.18. The Hall–Kier alpha value is -2.85. The Labute approximate surface area is 204 Å². The highest BCUT2D eigenvalue weighted by molar-refractivity contribution is 7.92. The molecule has 11 heteroatoms. The molecule has 0 radical (unpaired) electrons. The van der Waals surface area contributed by atoms with Crippen LogP contribution in [0.4, 0.5) is 11.5 Å². The lowest BCUT2D eigenvalue weighted by molar-refractivity contribution is 0.0607. The van der Waals surface area contributed by atoms with Crippen molar-refractivity contribution in [2.45, 2.75) is 39.2 Å². The summed E-state index contributed by atoms with van der Waals surface area (Å²) in [4.78, 5) is 22.2. The van der Waals surface area contributed by atoms with Gasteiger partial charge in [0.05, 0.1) is 29.2 Å². The summed E-state index contributed by atoms with van der Waals surface area (Å²) in [7, 11) is 0.360. The van der Waals surface area contributed by atoms with Crippen LogP contribution in [0.2, 0.25) is 5.02 Å². The van der Waals surface area contributed by atoms with Crippen LogP contribution < -0.4 is 9.62 Å². The van der Waals surface area contributed by atoms with E-state index in [9.17, 15) is 13.2 Å². The van der Waals surface area contributed by atoms with Crippen LogP contribution >= 0.6 is 11.6 Å². The summed E-state index contributed by atoms with van der Waals surface area (Å²) in [6, 6.07) is 6.25. The summed E-state index contributed by atoms with van der Waals surface area (Å²) in [5, 5.41) is 5.22. The molecule has 0 aliphatic carbocycles. The molecular weight excluding hydrogens is 476 g/mol. The molecule has 1 saturated heterocycles. The third-order valence-electron chi connectivity index (χ3n) is 6.11. The first-order valence-electron chi connectivity index (χ1n) is 11.1. The maximum Gasteiger partial charge on any atom is 0.256 e. The van der Waals surface area contributed by atoms with Gasteiger partial charge < -0.3 is 9.80 Å². The largest absolute Gasteiger partial charge is 0.362 e. The number of sulfonamides is 1. The van der Waals surface area contributed by atoms with Crippen molar-refractivity contribution in [2.75, 3.05) is 36.5 Å². The molecule has 34 heavy (non-hydrogen) atoms. The van der Waals surface area contributed by atoms with Crippen LogP contribution in [-0.2, 0) is 10.0 Å². The van der Waals surface area contributed by atoms with E-state index in [0.29, 0.717) is 11.6 Å². The smallest absolute Gasteiger partial charge is 0.256 e. The molecule has 1 aliphatic rings. The van der Waals surface area contributed by atoms with Crippen molar-refractivity contribution in [3.8, 4) is 0 Å². The average molecular weight is 505 g/mol. The lowest BCUT2D eigenvalue weighted by Crippen LogP contribution is -2.39. The zero-order chi connectivity index (χ0) is 24.8. The van der Waals surface area contributed by atoms with Crippen molar-refractivity contribution in [2.24, 2.45) is 0 Å². The van der Waals surface area contributed by atoms with Gasteiger partial charge in [0.25, 0.3) is 5.91 Å². The minimum atomic E-state index is -3.57. The van der Waals surface area contributed by atoms with Crippen molar-refractivity contribution < 1.29 is 13.2 Å². The molecule has 3 aromatic rings. The number of carbonyl (C=O) groups is 1. The number of carbonyl (C=O) groups excluding carboxylic acids is 1. The Morgan fingerprint density at radius 3 is 2.62 bits per heavy atom. The average Bonchev–Trinajstić information content (AvgIpc) is 3.17. The molecular formula is C23H29ClN6O3S. The fourth-order valence-corrected chi connectivity index (χ4v) is 5.26. The summed E-state index contributed by atoms with van der Waals surface area (Å²) in [6.45, 7) is 4.53. The van der Waals surface area contributed by atoms with Crippen LogP contribution in [0.25, 0.3) is 5.65 Å². The minimum Gasteiger partial charge on any atom is -0.362 e. The van der Waals surface area contributed by atoms with E-state index in [1.54, 1.807) is 11.0 Å². The lowest BCUT2D eigenvalue weighted by atomic mass is 9.98. The molecule has 4 rings (SSSR count). The summed E-state index contributed by atoms with van der Waals surface area (Å²) < 4.78 is 28.0. The van der Waals surface area contributed by atoms with Crippen molar-refractivity contribution in [1.82, 2.24) is 19.5 Å². The molecule has 0 saturated carbocycles. The van der Waals surface area contributed by atoms with E-state index in [1.165, 1.54) is 12.1 Å². The van der Waals surface area contributed by atoms with Crippen LogP contribution in [0.5, 0.6) is 0 Å². The van der Waals surface area contributed by atoms with E-state index >= 15 is 0 Å². The van der Waals surface area contributed by atoms with E-state index in [1.807, 2.05) is 43.4 Å². The highest BCUT2D eigenvalue weighted by Gasteiger charge is 2.32. The molecule has 1 fully saturated rings. The van der Waals surface area contributed by atoms with Gasteiger partial charge in [-0.25, -0.2) is 13.4 Å². The van der Waals surface area contributed by atoms with E-state index in [-0.39, 0.29) is 23.2 Å². The Balaban J connectivity index is 1.78. The van der Waals surface area contributed by atoms with Crippen molar-refractivity contribution in [1.29, 1.82) is 0 Å². The lowest BCUT2D eigenvalue weighted by Gasteiger charge is -2.35. The molecule has 0 spiro atoms. The molecule has 1 atom stereocenters. The second-order valence-corrected chi connectivity index (χ2v) is 11.1. The number of amides is 1. The van der Waals surface area contributed by atoms with Crippen LogP contribution in [0.3, 0.4) is 0 Å². The topological polar surface area (TPSA) is 99.9 Å². The van der Waals surface area contributed by atoms with E-state index < -0.39 is 10.0 Å². The number of hydrogen-bond acceptors (Lipinski definition) is 6. The second-order valence-electron chi connectivity index (χ2n) is 8.95. The first-order valence-corrected chi connectivity index (χ1v) is 13.4. The maximum atomic E-state index is 13.7. The van der Waals surface area contributed by atoms with Gasteiger partial charge in [-0.1, -0.05) is 11.6 Å². The number of anilines is 2. The molecule has 1 N–H and O–H groups in total. The summed E-state index contributed by atoms with van der Waals surface area (Å²) in [5.74, 6) is 0.653. The highest BCUT2D eigenvalue weighted by atomic mass is 35.5. The van der Waals surface area contributed by atoms with Gasteiger partial charge in [0.2, 0.25) is 10.0 Å². The standard InChI is InChI=1S/C23H29ClN6O3S/c1-14-15(2)25-21-13-19(26-30(21)22(14)28(3)4)20-8-6-7-11-29(20)23(31)17-12-16(24)9-10-18(17)27-34(5,32)33/h9-10,12-13,20,27H,6-8,11H2,1-5H3/t20-/m0/s1. The van der Waals surface area contributed by atoms with Crippen molar-refractivity contribution >= 4 is 44.7 Å². The normalized spacial score (nSPS) is 16.6. The van der Waals surface area contributed by atoms with E-state index in [2.05, 4.69) is 4.72 Å². The van der Waals surface area contributed by atoms with Crippen molar-refractivity contribution in [3.63, 3.8) is 0 Å². The number of hydrogen-bond donors (Lipinski definition) is 1. The molecule has 182 valence electrons. The first-order chi connectivity index (χ1) is 16.0. The van der Waals surface area contributed by atoms with Gasteiger partial charge in [-0.05, 0) is 51.3 Å². The van der Waals surface area contributed by atoms with Gasteiger partial charge in [0.1, 0.15) is 5.82 Å². The number of likely N-dealkylation sites (tertiary alicyclic amines) is 1. The SMILES string of the molecule is Cc1nc2cc([C@@H]3CCCCN3C(=O)c3cc(Cl)ccc3NS(C)(=O)=O)nn2c(N(C)C)c1C. The number of piperidine rings is 1. The fourth-order valence-electron chi connectivity index (χ4n) is 4.51. The predicted molar refractivity (Wildman–Crippen MR) is 134 cm³/mol. The first kappa shape index (κ1) is 24.3. The second kappa shape index (κ2) is 9.07. The number of aromatic nitrogens is 3. The van der Waals surface area contributed by atoms with Gasteiger partial charge in [-0.3, -0.25) is 9.52 Å². The molecule has 1 amide bonds. The number of fused-ring (bicyclic) bond motifs is 1. The molecule has 9 nitrogen and oxygen atoms in total. The number of nitrogens with zero attached hydrogens (tertiary/aromatic N) is 5. The molecule has 2 aromatic heterocycles.